The van der Waals surface area contributed by atoms with Crippen LogP contribution < -0.4 is 10.6 Å². The van der Waals surface area contributed by atoms with Gasteiger partial charge in [-0.1, -0.05) is 13.8 Å². The van der Waals surface area contributed by atoms with E-state index in [0.29, 0.717) is 12.3 Å². The van der Waals surface area contributed by atoms with Gasteiger partial charge in [0.1, 0.15) is 12.1 Å². The minimum absolute atomic E-state index is 0.0180. The summed E-state index contributed by atoms with van der Waals surface area (Å²) in [5.41, 5.74) is -0.889. The van der Waals surface area contributed by atoms with Gasteiger partial charge < -0.3 is 10.6 Å². The van der Waals surface area contributed by atoms with Gasteiger partial charge in [0.15, 0.2) is 0 Å². The zero-order chi connectivity index (χ0) is 15.5. The van der Waals surface area contributed by atoms with Crippen molar-refractivity contribution < 1.29 is 14.4 Å². The number of nitrogens with zero attached hydrogens (tertiary/aromatic N) is 1. The van der Waals surface area contributed by atoms with Crippen molar-refractivity contribution in [2.24, 2.45) is 5.92 Å². The Morgan fingerprint density at radius 2 is 1.90 bits per heavy atom. The molecular weight excluding hydrogens is 258 g/mol. The minimum Gasteiger partial charge on any atom is -0.352 e. The Labute approximate surface area is 120 Å². The monoisotopic (exact) mass is 283 g/mol. The molecule has 0 bridgehead atoms. The third-order valence-electron chi connectivity index (χ3n) is 3.32. The van der Waals surface area contributed by atoms with Crippen LogP contribution in [0, 0.1) is 5.92 Å². The van der Waals surface area contributed by atoms with Crippen LogP contribution in [0.2, 0.25) is 0 Å². The van der Waals surface area contributed by atoms with Crippen molar-refractivity contribution in [3.8, 4) is 0 Å². The van der Waals surface area contributed by atoms with Crippen molar-refractivity contribution in [2.75, 3.05) is 6.54 Å². The van der Waals surface area contributed by atoms with Crippen molar-refractivity contribution in [2.45, 2.75) is 59.0 Å². The van der Waals surface area contributed by atoms with Gasteiger partial charge in [-0.15, -0.1) is 0 Å². The van der Waals surface area contributed by atoms with E-state index in [-0.39, 0.29) is 24.4 Å². The molecule has 0 radical (unpaired) electrons. The summed E-state index contributed by atoms with van der Waals surface area (Å²) in [4.78, 5) is 36.9. The third kappa shape index (κ3) is 3.95. The van der Waals surface area contributed by atoms with Gasteiger partial charge in [0.05, 0.1) is 0 Å². The van der Waals surface area contributed by atoms with Crippen molar-refractivity contribution in [3.63, 3.8) is 0 Å². The molecular formula is C14H25N3O3. The van der Waals surface area contributed by atoms with Crippen molar-refractivity contribution >= 4 is 17.8 Å². The first-order valence-electron chi connectivity index (χ1n) is 7.09. The lowest BCUT2D eigenvalue weighted by molar-refractivity contribution is -0.135. The molecule has 114 valence electrons. The molecule has 1 atom stereocenters. The molecule has 6 heteroatoms. The number of imide groups is 1. The molecule has 0 aliphatic carbocycles. The second-order valence-corrected chi connectivity index (χ2v) is 6.31. The van der Waals surface area contributed by atoms with Crippen LogP contribution in [-0.2, 0) is 9.59 Å². The van der Waals surface area contributed by atoms with Crippen LogP contribution in [0.3, 0.4) is 0 Å². The molecule has 4 amide bonds. The molecule has 0 aromatic heterocycles. The summed E-state index contributed by atoms with van der Waals surface area (Å²) in [6.45, 7) is 9.29. The lowest BCUT2D eigenvalue weighted by Gasteiger charge is -2.22. The maximum atomic E-state index is 12.3. The Hall–Kier alpha value is -1.59. The smallest absolute Gasteiger partial charge is 0.325 e. The van der Waals surface area contributed by atoms with Crippen molar-refractivity contribution in [3.05, 3.63) is 0 Å². The first kappa shape index (κ1) is 16.5. The maximum absolute atomic E-state index is 12.3. The highest BCUT2D eigenvalue weighted by Gasteiger charge is 2.47. The summed E-state index contributed by atoms with van der Waals surface area (Å²) in [5.74, 6) is -0.187. The summed E-state index contributed by atoms with van der Waals surface area (Å²) in [6.07, 6.45) is 1.42. The zero-order valence-electron chi connectivity index (χ0n) is 12.9. The summed E-state index contributed by atoms with van der Waals surface area (Å²) in [7, 11) is 0. The summed E-state index contributed by atoms with van der Waals surface area (Å²) in [5, 5.41) is 5.38. The predicted octanol–water partition coefficient (Wildman–Crippen LogP) is 1.26. The van der Waals surface area contributed by atoms with Gasteiger partial charge in [0, 0.05) is 6.04 Å². The average Bonchev–Trinajstić information content (AvgIpc) is 2.50. The van der Waals surface area contributed by atoms with Gasteiger partial charge in [-0.25, -0.2) is 4.79 Å². The van der Waals surface area contributed by atoms with Crippen molar-refractivity contribution in [1.82, 2.24) is 15.5 Å². The van der Waals surface area contributed by atoms with Gasteiger partial charge in [-0.2, -0.15) is 0 Å². The number of carbonyl (C=O) groups is 3. The van der Waals surface area contributed by atoms with Crippen LogP contribution >= 0.6 is 0 Å². The van der Waals surface area contributed by atoms with Crippen LogP contribution in [0.15, 0.2) is 0 Å². The van der Waals surface area contributed by atoms with E-state index < -0.39 is 11.6 Å². The number of carbonyl (C=O) groups excluding carboxylic acids is 3. The summed E-state index contributed by atoms with van der Waals surface area (Å²) < 4.78 is 0. The molecule has 0 spiro atoms. The predicted molar refractivity (Wildman–Crippen MR) is 76.0 cm³/mol. The van der Waals surface area contributed by atoms with Crippen LogP contribution in [0.25, 0.3) is 0 Å². The van der Waals surface area contributed by atoms with Crippen LogP contribution in [-0.4, -0.2) is 40.9 Å². The quantitative estimate of drug-likeness (QED) is 0.720. The highest BCUT2D eigenvalue weighted by molar-refractivity contribution is 6.08. The average molecular weight is 283 g/mol. The van der Waals surface area contributed by atoms with E-state index in [2.05, 4.69) is 24.5 Å². The van der Waals surface area contributed by atoms with Crippen LogP contribution in [0.1, 0.15) is 47.5 Å². The molecule has 1 heterocycles. The van der Waals surface area contributed by atoms with Gasteiger partial charge in [-0.3, -0.25) is 14.5 Å². The highest BCUT2D eigenvalue weighted by atomic mass is 16.2. The molecule has 1 aliphatic heterocycles. The lowest BCUT2D eigenvalue weighted by Crippen LogP contribution is -2.46. The number of urea groups is 1. The molecule has 6 nitrogen and oxygen atoms in total. The van der Waals surface area contributed by atoms with E-state index in [1.54, 1.807) is 6.92 Å². The second-order valence-electron chi connectivity index (χ2n) is 6.31. The fraction of sp³-hybridized carbons (Fsp3) is 0.786. The van der Waals surface area contributed by atoms with Crippen LogP contribution in [0.5, 0.6) is 0 Å². The van der Waals surface area contributed by atoms with Gasteiger partial charge in [0.25, 0.3) is 5.91 Å². The van der Waals surface area contributed by atoms with Crippen LogP contribution in [0.4, 0.5) is 4.79 Å². The summed E-state index contributed by atoms with van der Waals surface area (Å²) in [6, 6.07) is -0.504. The van der Waals surface area contributed by atoms with Gasteiger partial charge >= 0.3 is 6.03 Å². The SMILES string of the molecule is CC(C)CCC1(C)NC(=O)N(CC(=O)NC(C)C)C1=O. The molecule has 2 N–H and O–H groups in total. The molecule has 0 aromatic rings. The van der Waals surface area contributed by atoms with E-state index in [9.17, 15) is 14.4 Å². The molecule has 1 saturated heterocycles. The minimum atomic E-state index is -0.889. The Morgan fingerprint density at radius 3 is 2.40 bits per heavy atom. The molecule has 20 heavy (non-hydrogen) atoms. The fourth-order valence-electron chi connectivity index (χ4n) is 2.15. The van der Waals surface area contributed by atoms with E-state index in [0.717, 1.165) is 11.3 Å². The Morgan fingerprint density at radius 1 is 1.30 bits per heavy atom. The normalized spacial score (nSPS) is 22.6. The summed E-state index contributed by atoms with van der Waals surface area (Å²) >= 11 is 0. The number of hydrogen-bond donors (Lipinski definition) is 2. The van der Waals surface area contributed by atoms with Gasteiger partial charge in [0.2, 0.25) is 5.91 Å². The Kier molecular flexibility index (Phi) is 5.14. The van der Waals surface area contributed by atoms with Crippen molar-refractivity contribution in [1.29, 1.82) is 0 Å². The number of hydrogen-bond acceptors (Lipinski definition) is 3. The fourth-order valence-corrected chi connectivity index (χ4v) is 2.15. The Bertz CT molecular complexity index is 406. The Balaban J connectivity index is 2.69. The molecule has 1 fully saturated rings. The maximum Gasteiger partial charge on any atom is 0.325 e. The molecule has 1 unspecified atom stereocenters. The number of rotatable bonds is 6. The van der Waals surface area contributed by atoms with E-state index in [1.165, 1.54) is 0 Å². The largest absolute Gasteiger partial charge is 0.352 e. The number of amides is 4. The van der Waals surface area contributed by atoms with E-state index >= 15 is 0 Å². The topological polar surface area (TPSA) is 78.5 Å². The van der Waals surface area contributed by atoms with Gasteiger partial charge in [-0.05, 0) is 39.5 Å². The lowest BCUT2D eigenvalue weighted by atomic mass is 9.92. The molecule has 1 aliphatic rings. The van der Waals surface area contributed by atoms with E-state index in [1.807, 2.05) is 13.8 Å². The first-order chi connectivity index (χ1) is 9.15. The first-order valence-corrected chi connectivity index (χ1v) is 7.09. The standard InChI is InChI=1S/C14H25N3O3/c1-9(2)6-7-14(5)12(19)17(13(20)16-14)8-11(18)15-10(3)4/h9-10H,6-8H2,1-5H3,(H,15,18)(H,16,20). The molecule has 0 aromatic carbocycles. The number of nitrogens with one attached hydrogen (secondary N) is 2. The highest BCUT2D eigenvalue weighted by Crippen LogP contribution is 2.24. The molecule has 0 saturated carbocycles. The van der Waals surface area contributed by atoms with E-state index in [4.69, 9.17) is 0 Å². The third-order valence-corrected chi connectivity index (χ3v) is 3.32. The molecule has 1 rings (SSSR count). The second kappa shape index (κ2) is 6.24. The zero-order valence-corrected chi connectivity index (χ0v) is 12.9.